The zero-order valence-electron chi connectivity index (χ0n) is 12.0. The second-order valence-corrected chi connectivity index (χ2v) is 4.96. The van der Waals surface area contributed by atoms with Gasteiger partial charge in [-0.05, 0) is 30.5 Å². The van der Waals surface area contributed by atoms with E-state index in [0.29, 0.717) is 0 Å². The number of nitrogens with zero attached hydrogens (tertiary/aromatic N) is 1. The number of aromatic hydroxyl groups is 1. The van der Waals surface area contributed by atoms with Crippen molar-refractivity contribution >= 4 is 11.4 Å². The Morgan fingerprint density at radius 3 is 2.67 bits per heavy atom. The third-order valence-electron chi connectivity index (χ3n) is 3.44. The van der Waals surface area contributed by atoms with Crippen LogP contribution in [0.15, 0.2) is 42.5 Å². The van der Waals surface area contributed by atoms with Crippen molar-refractivity contribution in [1.82, 2.24) is 0 Å². The fourth-order valence-corrected chi connectivity index (χ4v) is 2.18. The van der Waals surface area contributed by atoms with Crippen molar-refractivity contribution in [2.45, 2.75) is 26.3 Å². The number of phenolic OH excluding ortho intramolecular Hbond substituents is 1. The van der Waals surface area contributed by atoms with E-state index in [4.69, 9.17) is 0 Å². The minimum absolute atomic E-state index is 0.0491. The van der Waals surface area contributed by atoms with E-state index in [1.807, 2.05) is 32.0 Å². The van der Waals surface area contributed by atoms with Crippen LogP contribution in [0.4, 0.5) is 11.4 Å². The van der Waals surface area contributed by atoms with Gasteiger partial charge in [0.2, 0.25) is 0 Å². The average Bonchev–Trinajstić information content (AvgIpc) is 2.48. The molecule has 0 aliphatic heterocycles. The van der Waals surface area contributed by atoms with Gasteiger partial charge in [0.05, 0.1) is 11.0 Å². The van der Waals surface area contributed by atoms with Crippen molar-refractivity contribution in [3.63, 3.8) is 0 Å². The molecular formula is C16H18N2O3. The van der Waals surface area contributed by atoms with Gasteiger partial charge in [-0.1, -0.05) is 25.1 Å². The molecule has 0 aliphatic carbocycles. The van der Waals surface area contributed by atoms with E-state index in [9.17, 15) is 15.2 Å². The number of benzene rings is 2. The number of nitrogens with one attached hydrogen (secondary N) is 1. The smallest absolute Gasteiger partial charge is 0.269 e. The molecule has 2 rings (SSSR count). The summed E-state index contributed by atoms with van der Waals surface area (Å²) in [4.78, 5) is 10.5. The molecule has 21 heavy (non-hydrogen) atoms. The van der Waals surface area contributed by atoms with E-state index < -0.39 is 4.92 Å². The highest BCUT2D eigenvalue weighted by molar-refractivity contribution is 5.52. The summed E-state index contributed by atoms with van der Waals surface area (Å²) >= 11 is 0. The summed E-state index contributed by atoms with van der Waals surface area (Å²) in [5.41, 5.74) is 2.53. The highest BCUT2D eigenvalue weighted by Gasteiger charge is 2.13. The number of nitro benzene ring substituents is 1. The summed E-state index contributed by atoms with van der Waals surface area (Å²) in [7, 11) is 0. The molecule has 0 heterocycles. The third kappa shape index (κ3) is 3.51. The van der Waals surface area contributed by atoms with Gasteiger partial charge in [-0.2, -0.15) is 0 Å². The van der Waals surface area contributed by atoms with Crippen LogP contribution in [0.3, 0.4) is 0 Å². The Morgan fingerprint density at radius 1 is 1.29 bits per heavy atom. The predicted molar refractivity (Wildman–Crippen MR) is 82.6 cm³/mol. The van der Waals surface area contributed by atoms with Gasteiger partial charge in [0.1, 0.15) is 5.75 Å². The molecule has 1 unspecified atom stereocenters. The van der Waals surface area contributed by atoms with Gasteiger partial charge in [0, 0.05) is 23.9 Å². The Morgan fingerprint density at radius 2 is 2.05 bits per heavy atom. The normalized spacial score (nSPS) is 11.9. The fourth-order valence-electron chi connectivity index (χ4n) is 2.18. The largest absolute Gasteiger partial charge is 0.508 e. The number of phenols is 1. The lowest BCUT2D eigenvalue weighted by molar-refractivity contribution is -0.384. The standard InChI is InChI=1S/C16H18N2O3/c1-3-15(12-5-4-6-14(9-12)18(20)21)17-13-8-7-11(2)16(19)10-13/h4-10,15,17,19H,3H2,1-2H3. The van der Waals surface area contributed by atoms with E-state index >= 15 is 0 Å². The first-order valence-corrected chi connectivity index (χ1v) is 6.81. The Kier molecular flexibility index (Phi) is 4.42. The lowest BCUT2D eigenvalue weighted by Gasteiger charge is -2.19. The zero-order valence-corrected chi connectivity index (χ0v) is 12.0. The van der Waals surface area contributed by atoms with Gasteiger partial charge >= 0.3 is 0 Å². The van der Waals surface area contributed by atoms with Crippen LogP contribution in [0.25, 0.3) is 0 Å². The third-order valence-corrected chi connectivity index (χ3v) is 3.44. The van der Waals surface area contributed by atoms with Crippen molar-refractivity contribution in [3.8, 4) is 5.75 Å². The second-order valence-electron chi connectivity index (χ2n) is 4.96. The molecule has 5 heteroatoms. The second kappa shape index (κ2) is 6.26. The van der Waals surface area contributed by atoms with Crippen LogP contribution >= 0.6 is 0 Å². The lowest BCUT2D eigenvalue weighted by atomic mass is 10.0. The van der Waals surface area contributed by atoms with Crippen LogP contribution in [0.2, 0.25) is 0 Å². The average molecular weight is 286 g/mol. The van der Waals surface area contributed by atoms with Crippen molar-refractivity contribution < 1.29 is 10.0 Å². The summed E-state index contributed by atoms with van der Waals surface area (Å²) < 4.78 is 0. The summed E-state index contributed by atoms with van der Waals surface area (Å²) in [5.74, 6) is 0.230. The molecule has 0 aliphatic rings. The maximum atomic E-state index is 10.9. The first-order valence-electron chi connectivity index (χ1n) is 6.81. The molecule has 2 aromatic carbocycles. The van der Waals surface area contributed by atoms with Gasteiger partial charge in [0.15, 0.2) is 0 Å². The number of aryl methyl sites for hydroxylation is 1. The van der Waals surface area contributed by atoms with Gasteiger partial charge in [-0.25, -0.2) is 0 Å². The molecular weight excluding hydrogens is 268 g/mol. The Hall–Kier alpha value is -2.56. The molecule has 1 atom stereocenters. The molecule has 110 valence electrons. The highest BCUT2D eigenvalue weighted by atomic mass is 16.6. The molecule has 0 amide bonds. The molecule has 0 aromatic heterocycles. The molecule has 0 fully saturated rings. The van der Waals surface area contributed by atoms with Gasteiger partial charge in [-0.3, -0.25) is 10.1 Å². The Bertz CT molecular complexity index is 656. The molecule has 0 bridgehead atoms. The number of nitro groups is 1. The molecule has 5 nitrogen and oxygen atoms in total. The SMILES string of the molecule is CCC(Nc1ccc(C)c(O)c1)c1cccc([N+](=O)[O-])c1. The van der Waals surface area contributed by atoms with Crippen LogP contribution in [0.5, 0.6) is 5.75 Å². The predicted octanol–water partition coefficient (Wildman–Crippen LogP) is 4.17. The first-order chi connectivity index (χ1) is 10.0. The van der Waals surface area contributed by atoms with Crippen molar-refractivity contribution in [3.05, 3.63) is 63.7 Å². The van der Waals surface area contributed by atoms with Crippen molar-refractivity contribution in [1.29, 1.82) is 0 Å². The van der Waals surface area contributed by atoms with Crippen LogP contribution in [-0.4, -0.2) is 10.0 Å². The van der Waals surface area contributed by atoms with E-state index in [-0.39, 0.29) is 17.5 Å². The van der Waals surface area contributed by atoms with Crippen molar-refractivity contribution in [2.24, 2.45) is 0 Å². The van der Waals surface area contributed by atoms with Crippen LogP contribution in [0.1, 0.15) is 30.5 Å². The summed E-state index contributed by atoms with van der Waals surface area (Å²) in [6.45, 7) is 3.83. The van der Waals surface area contributed by atoms with Gasteiger partial charge in [0.25, 0.3) is 5.69 Å². The monoisotopic (exact) mass is 286 g/mol. The number of rotatable bonds is 5. The number of anilines is 1. The number of hydrogen-bond acceptors (Lipinski definition) is 4. The fraction of sp³-hybridized carbons (Fsp3) is 0.250. The van der Waals surface area contributed by atoms with E-state index in [1.54, 1.807) is 18.2 Å². The molecule has 2 aromatic rings. The minimum atomic E-state index is -0.395. The van der Waals surface area contributed by atoms with Crippen LogP contribution in [-0.2, 0) is 0 Å². The quantitative estimate of drug-likeness (QED) is 0.639. The minimum Gasteiger partial charge on any atom is -0.508 e. The molecule has 0 radical (unpaired) electrons. The van der Waals surface area contributed by atoms with Crippen LogP contribution in [0, 0.1) is 17.0 Å². The molecule has 0 saturated carbocycles. The van der Waals surface area contributed by atoms with E-state index in [1.165, 1.54) is 6.07 Å². The highest BCUT2D eigenvalue weighted by Crippen LogP contribution is 2.28. The van der Waals surface area contributed by atoms with Crippen LogP contribution < -0.4 is 5.32 Å². The zero-order chi connectivity index (χ0) is 15.4. The maximum absolute atomic E-state index is 10.9. The van der Waals surface area contributed by atoms with E-state index in [0.717, 1.165) is 23.2 Å². The summed E-state index contributed by atoms with van der Waals surface area (Å²) in [5, 5.41) is 23.9. The molecule has 2 N–H and O–H groups in total. The van der Waals surface area contributed by atoms with Crippen molar-refractivity contribution in [2.75, 3.05) is 5.32 Å². The number of hydrogen-bond donors (Lipinski definition) is 2. The van der Waals surface area contributed by atoms with Gasteiger partial charge < -0.3 is 10.4 Å². The Balaban J connectivity index is 2.25. The topological polar surface area (TPSA) is 75.4 Å². The number of non-ortho nitro benzene ring substituents is 1. The lowest BCUT2D eigenvalue weighted by Crippen LogP contribution is -2.10. The summed E-state index contributed by atoms with van der Waals surface area (Å²) in [6.07, 6.45) is 0.774. The Labute approximate surface area is 123 Å². The molecule has 0 spiro atoms. The first kappa shape index (κ1) is 14.8. The van der Waals surface area contributed by atoms with Gasteiger partial charge in [-0.15, -0.1) is 0 Å². The summed E-state index contributed by atoms with van der Waals surface area (Å²) in [6, 6.07) is 11.9. The molecule has 0 saturated heterocycles. The maximum Gasteiger partial charge on any atom is 0.269 e. The van der Waals surface area contributed by atoms with E-state index in [2.05, 4.69) is 5.32 Å².